The summed E-state index contributed by atoms with van der Waals surface area (Å²) in [5.41, 5.74) is 1.34. The molecule has 1 atom stereocenters. The van der Waals surface area contributed by atoms with Crippen LogP contribution in [0.4, 0.5) is 13.2 Å². The third kappa shape index (κ3) is 2.96. The van der Waals surface area contributed by atoms with Crippen molar-refractivity contribution in [2.75, 3.05) is 6.54 Å². The van der Waals surface area contributed by atoms with Gasteiger partial charge in [0.2, 0.25) is 0 Å². The van der Waals surface area contributed by atoms with E-state index in [0.717, 1.165) is 79.1 Å². The Bertz CT molecular complexity index is 964. The van der Waals surface area contributed by atoms with E-state index in [0.29, 0.717) is 18.0 Å². The van der Waals surface area contributed by atoms with Crippen LogP contribution in [0.1, 0.15) is 56.1 Å². The van der Waals surface area contributed by atoms with Crippen molar-refractivity contribution < 1.29 is 13.2 Å². The number of aromatic nitrogens is 3. The Hall–Kier alpha value is -1.83. The molecule has 0 aromatic carbocycles. The van der Waals surface area contributed by atoms with Crippen LogP contribution < -0.4 is 10.9 Å². The molecule has 3 heterocycles. The molecule has 0 radical (unpaired) electrons. The number of pyridine rings is 1. The number of nitrogens with one attached hydrogen (secondary N) is 1. The molecule has 0 unspecified atom stereocenters. The van der Waals surface area contributed by atoms with Crippen LogP contribution in [0.15, 0.2) is 11.0 Å². The second kappa shape index (κ2) is 6.34. The molecule has 152 valence electrons. The third-order valence-electron chi connectivity index (χ3n) is 6.58. The van der Waals surface area contributed by atoms with Crippen LogP contribution in [0.25, 0.3) is 11.0 Å². The Balaban J connectivity index is 1.79. The van der Waals surface area contributed by atoms with E-state index < -0.39 is 18.4 Å². The van der Waals surface area contributed by atoms with Crippen molar-refractivity contribution >= 4 is 11.0 Å². The average Bonchev–Trinajstić information content (AvgIpc) is 3.17. The predicted molar refractivity (Wildman–Crippen MR) is 99.2 cm³/mol. The molecule has 5 nitrogen and oxygen atoms in total. The minimum absolute atomic E-state index is 0.110. The number of rotatable bonds is 4. The highest BCUT2D eigenvalue weighted by molar-refractivity contribution is 5.81. The van der Waals surface area contributed by atoms with Gasteiger partial charge in [0.15, 0.2) is 0 Å². The standard InChI is InChI=1S/C20H25F3N4O/c21-20(22,23)12-26-17-16(11-25-26)14-4-1-2-5-15(14)18(28)27(17)19(8-3-9-24-19)10-13-6-7-13/h11,13,24H,1-10,12H2/t19-/m1/s1. The zero-order valence-electron chi connectivity index (χ0n) is 15.8. The molecule has 1 aliphatic heterocycles. The van der Waals surface area contributed by atoms with Crippen molar-refractivity contribution in [1.29, 1.82) is 0 Å². The van der Waals surface area contributed by atoms with Gasteiger partial charge >= 0.3 is 6.18 Å². The van der Waals surface area contributed by atoms with Crippen molar-refractivity contribution in [2.45, 2.75) is 76.2 Å². The van der Waals surface area contributed by atoms with E-state index in [9.17, 15) is 18.0 Å². The number of nitrogens with zero attached hydrogens (tertiary/aromatic N) is 3. The number of hydrogen-bond acceptors (Lipinski definition) is 3. The van der Waals surface area contributed by atoms with Gasteiger partial charge in [0.1, 0.15) is 17.9 Å². The van der Waals surface area contributed by atoms with Gasteiger partial charge in [0, 0.05) is 10.9 Å². The molecule has 1 saturated heterocycles. The highest BCUT2D eigenvalue weighted by atomic mass is 19.4. The number of hydrogen-bond donors (Lipinski definition) is 1. The SMILES string of the molecule is O=c1c2c(c3cnn(CC(F)(F)F)c3n1[C@@]1(CC3CC3)CCCN1)CCCC2. The summed E-state index contributed by atoms with van der Waals surface area (Å²) in [4.78, 5) is 13.6. The quantitative estimate of drug-likeness (QED) is 0.864. The highest BCUT2D eigenvalue weighted by Crippen LogP contribution is 2.43. The summed E-state index contributed by atoms with van der Waals surface area (Å²) in [6.45, 7) is -0.390. The van der Waals surface area contributed by atoms with Gasteiger partial charge in [-0.15, -0.1) is 0 Å². The maximum atomic E-state index is 13.6. The van der Waals surface area contributed by atoms with Crippen molar-refractivity contribution in [3.05, 3.63) is 27.7 Å². The number of fused-ring (bicyclic) bond motifs is 3. The smallest absolute Gasteiger partial charge is 0.294 e. The third-order valence-corrected chi connectivity index (χ3v) is 6.58. The van der Waals surface area contributed by atoms with Gasteiger partial charge in [-0.1, -0.05) is 12.8 Å². The monoisotopic (exact) mass is 394 g/mol. The van der Waals surface area contributed by atoms with Gasteiger partial charge in [0.05, 0.1) is 6.20 Å². The fourth-order valence-corrected chi connectivity index (χ4v) is 5.23. The van der Waals surface area contributed by atoms with Crippen LogP contribution in [0.2, 0.25) is 0 Å². The van der Waals surface area contributed by atoms with E-state index in [1.54, 1.807) is 10.8 Å². The first kappa shape index (κ1) is 18.2. The summed E-state index contributed by atoms with van der Waals surface area (Å²) >= 11 is 0. The first-order valence-electron chi connectivity index (χ1n) is 10.3. The first-order valence-corrected chi connectivity index (χ1v) is 10.3. The van der Waals surface area contributed by atoms with Crippen LogP contribution in [0.5, 0.6) is 0 Å². The van der Waals surface area contributed by atoms with E-state index in [-0.39, 0.29) is 5.56 Å². The zero-order chi connectivity index (χ0) is 19.5. The average molecular weight is 394 g/mol. The Morgan fingerprint density at radius 3 is 2.57 bits per heavy atom. The Morgan fingerprint density at radius 1 is 1.18 bits per heavy atom. The molecule has 28 heavy (non-hydrogen) atoms. The van der Waals surface area contributed by atoms with Crippen LogP contribution in [-0.4, -0.2) is 27.1 Å². The van der Waals surface area contributed by atoms with Gasteiger partial charge in [-0.3, -0.25) is 14.7 Å². The molecule has 2 aromatic rings. The van der Waals surface area contributed by atoms with Crippen molar-refractivity contribution in [1.82, 2.24) is 19.7 Å². The largest absolute Gasteiger partial charge is 0.408 e. The molecule has 3 aliphatic rings. The van der Waals surface area contributed by atoms with Crippen molar-refractivity contribution in [2.24, 2.45) is 5.92 Å². The molecule has 0 bridgehead atoms. The summed E-state index contributed by atoms with van der Waals surface area (Å²) in [5, 5.41) is 8.34. The summed E-state index contributed by atoms with van der Waals surface area (Å²) < 4.78 is 42.4. The second-order valence-electron chi connectivity index (χ2n) is 8.67. The molecule has 0 spiro atoms. The lowest BCUT2D eigenvalue weighted by atomic mass is 9.90. The van der Waals surface area contributed by atoms with Gasteiger partial charge in [-0.2, -0.15) is 18.3 Å². The maximum absolute atomic E-state index is 13.6. The molecule has 8 heteroatoms. The Labute approximate surface area is 160 Å². The normalized spacial score (nSPS) is 25.4. The number of aryl methyl sites for hydroxylation is 1. The van der Waals surface area contributed by atoms with Crippen molar-refractivity contribution in [3.63, 3.8) is 0 Å². The van der Waals surface area contributed by atoms with Crippen LogP contribution >= 0.6 is 0 Å². The lowest BCUT2D eigenvalue weighted by Gasteiger charge is -2.35. The minimum atomic E-state index is -4.39. The topological polar surface area (TPSA) is 51.9 Å². The Morgan fingerprint density at radius 2 is 1.93 bits per heavy atom. The molecule has 2 fully saturated rings. The van der Waals surface area contributed by atoms with Gasteiger partial charge in [-0.25, -0.2) is 4.68 Å². The molecule has 2 aromatic heterocycles. The van der Waals surface area contributed by atoms with E-state index in [4.69, 9.17) is 0 Å². The lowest BCUT2D eigenvalue weighted by molar-refractivity contribution is -0.142. The highest BCUT2D eigenvalue weighted by Gasteiger charge is 2.44. The molecule has 0 amide bonds. The van der Waals surface area contributed by atoms with E-state index >= 15 is 0 Å². The molecule has 1 N–H and O–H groups in total. The molecule has 1 saturated carbocycles. The summed E-state index contributed by atoms with van der Waals surface area (Å²) in [7, 11) is 0. The van der Waals surface area contributed by atoms with Crippen molar-refractivity contribution in [3.8, 4) is 0 Å². The minimum Gasteiger partial charge on any atom is -0.294 e. The predicted octanol–water partition coefficient (Wildman–Crippen LogP) is 3.48. The van der Waals surface area contributed by atoms with E-state index in [1.807, 2.05) is 0 Å². The van der Waals surface area contributed by atoms with E-state index in [1.165, 1.54) is 0 Å². The lowest BCUT2D eigenvalue weighted by Crippen LogP contribution is -2.50. The summed E-state index contributed by atoms with van der Waals surface area (Å²) in [5.74, 6) is 0.544. The van der Waals surface area contributed by atoms with Crippen LogP contribution in [-0.2, 0) is 25.0 Å². The first-order chi connectivity index (χ1) is 13.4. The van der Waals surface area contributed by atoms with E-state index in [2.05, 4.69) is 10.4 Å². The molecule has 5 rings (SSSR count). The van der Waals surface area contributed by atoms with Crippen LogP contribution in [0, 0.1) is 5.92 Å². The van der Waals surface area contributed by atoms with Gasteiger partial charge in [0.25, 0.3) is 5.56 Å². The van der Waals surface area contributed by atoms with Gasteiger partial charge in [-0.05, 0) is 63.0 Å². The summed E-state index contributed by atoms with van der Waals surface area (Å²) in [6, 6.07) is 0. The molecular weight excluding hydrogens is 369 g/mol. The zero-order valence-corrected chi connectivity index (χ0v) is 15.8. The number of halogens is 3. The molecule has 2 aliphatic carbocycles. The van der Waals surface area contributed by atoms with Gasteiger partial charge < -0.3 is 0 Å². The fraction of sp³-hybridized carbons (Fsp3) is 0.700. The second-order valence-corrected chi connectivity index (χ2v) is 8.67. The summed E-state index contributed by atoms with van der Waals surface area (Å²) in [6.07, 6.45) is 5.27. The number of alkyl halides is 3. The fourth-order valence-electron chi connectivity index (χ4n) is 5.23. The maximum Gasteiger partial charge on any atom is 0.408 e. The van der Waals surface area contributed by atoms with Crippen LogP contribution in [0.3, 0.4) is 0 Å². The Kier molecular flexibility index (Phi) is 4.12. The molecular formula is C20H25F3N4O.